The molecule has 8 heterocycles. The van der Waals surface area contributed by atoms with Crippen LogP contribution in [0.4, 0.5) is 0 Å². The van der Waals surface area contributed by atoms with E-state index in [4.69, 9.17) is 4.42 Å². The van der Waals surface area contributed by atoms with Crippen molar-refractivity contribution in [2.75, 3.05) is 0 Å². The van der Waals surface area contributed by atoms with Crippen LogP contribution in [0.2, 0.25) is 0 Å². The van der Waals surface area contributed by atoms with Crippen molar-refractivity contribution in [1.29, 1.82) is 0 Å². The summed E-state index contributed by atoms with van der Waals surface area (Å²) in [5.41, 5.74) is 0.879. The largest absolute Gasteiger partial charge is 0.433 e. The maximum atomic E-state index is 11.8. The highest BCUT2D eigenvalue weighted by atomic mass is 32.1. The number of aromatic amines is 1. The number of rotatable bonds is 15. The molecule has 1 N–H and O–H groups in total. The third-order valence-corrected chi connectivity index (χ3v) is 15.0. The Balaban J connectivity index is 0.000000115. The van der Waals surface area contributed by atoms with E-state index in [-0.39, 0.29) is 29.0 Å². The molecule has 8 aromatic heterocycles. The van der Waals surface area contributed by atoms with Gasteiger partial charge in [-0.25, -0.2) is 19.9 Å². The quantitative estimate of drug-likeness (QED) is 0.0977. The number of nitrogens with zero attached hydrogens (tertiary/aromatic N) is 6. The monoisotopic (exact) mass is 935 g/mol. The molecule has 0 saturated heterocycles. The number of nitrogens with one attached hydrogen (secondary N) is 1. The van der Waals surface area contributed by atoms with Gasteiger partial charge < -0.3 is 8.98 Å². The lowest BCUT2D eigenvalue weighted by atomic mass is 10.2. The molecule has 12 nitrogen and oxygen atoms in total. The second-order valence-corrected chi connectivity index (χ2v) is 20.3. The Labute approximate surface area is 384 Å². The van der Waals surface area contributed by atoms with Crippen LogP contribution in [-0.4, -0.2) is 57.8 Å². The van der Waals surface area contributed by atoms with E-state index in [1.165, 1.54) is 54.7 Å². The van der Waals surface area contributed by atoms with Crippen LogP contribution < -0.4 is 0 Å². The van der Waals surface area contributed by atoms with E-state index in [2.05, 4.69) is 36.2 Å². The van der Waals surface area contributed by atoms with E-state index < -0.39 is 0 Å². The summed E-state index contributed by atoms with van der Waals surface area (Å²) < 4.78 is 7.26. The number of carbonyl (C=O) groups is 4. The number of carbonyl (C=O) groups excluding carboxylic acids is 4. The Morgan fingerprint density at radius 1 is 0.667 bits per heavy atom. The van der Waals surface area contributed by atoms with Gasteiger partial charge in [-0.2, -0.15) is 0 Å². The minimum Gasteiger partial charge on any atom is -0.433 e. The fourth-order valence-corrected chi connectivity index (χ4v) is 9.93. The average molecular weight is 936 g/mol. The molecule has 0 aromatic carbocycles. The molecule has 17 heteroatoms. The van der Waals surface area contributed by atoms with E-state index >= 15 is 0 Å². The molecule has 3 saturated carbocycles. The van der Waals surface area contributed by atoms with Crippen LogP contribution in [-0.2, 0) is 7.05 Å². The second-order valence-electron chi connectivity index (χ2n) is 15.5. The number of hydrogen-bond donors (Lipinski definition) is 1. The SMILES string of the molecule is CCC(=O)c1nc(-c2cccs2)cn1C.O=C(CC1CC1)c1n[nH]c(-c2cccs2)n1.O=C(CC1CC1)c1ncc(-c2cccs2)o1.O=C(CC1CC1)c1ncc(-c2cccs2)s1. The van der Waals surface area contributed by atoms with Gasteiger partial charge >= 0.3 is 0 Å². The van der Waals surface area contributed by atoms with E-state index in [9.17, 15) is 19.2 Å². The lowest BCUT2D eigenvalue weighted by molar-refractivity contribution is 0.0939. The Kier molecular flexibility index (Phi) is 14.7. The number of oxazole rings is 1. The van der Waals surface area contributed by atoms with Gasteiger partial charge in [0, 0.05) is 50.0 Å². The predicted molar refractivity (Wildman–Crippen MR) is 251 cm³/mol. The fourth-order valence-electron chi connectivity index (χ4n) is 6.23. The number of H-pyrrole nitrogens is 1. The predicted octanol–water partition coefficient (Wildman–Crippen LogP) is 12.5. The van der Waals surface area contributed by atoms with Crippen LogP contribution in [0.25, 0.3) is 41.7 Å². The summed E-state index contributed by atoms with van der Waals surface area (Å²) in [4.78, 5) is 69.1. The third-order valence-electron chi connectivity index (χ3n) is 10.2. The maximum absolute atomic E-state index is 11.8. The smallest absolute Gasteiger partial charge is 0.263 e. The van der Waals surface area contributed by atoms with Crippen LogP contribution in [0, 0.1) is 17.8 Å². The molecular formula is C46H45N7O5S5. The number of thiazole rings is 1. The van der Waals surface area contributed by atoms with Crippen LogP contribution in [0.5, 0.6) is 0 Å². The summed E-state index contributed by atoms with van der Waals surface area (Å²) >= 11 is 8.00. The number of Topliss-reactive ketones (excluding diaryl/α,β-unsaturated/α-hetero) is 4. The van der Waals surface area contributed by atoms with Crippen molar-refractivity contribution in [3.63, 3.8) is 0 Å². The molecule has 8 aromatic rings. The van der Waals surface area contributed by atoms with Crippen molar-refractivity contribution in [2.45, 2.75) is 71.1 Å². The van der Waals surface area contributed by atoms with Crippen molar-refractivity contribution in [1.82, 2.24) is 34.7 Å². The highest BCUT2D eigenvalue weighted by Crippen LogP contribution is 2.37. The van der Waals surface area contributed by atoms with Crippen molar-refractivity contribution < 1.29 is 23.6 Å². The zero-order valence-electron chi connectivity index (χ0n) is 34.7. The summed E-state index contributed by atoms with van der Waals surface area (Å²) in [6.45, 7) is 1.85. The molecule has 0 radical (unpaired) electrons. The summed E-state index contributed by atoms with van der Waals surface area (Å²) in [5.74, 6) is 4.69. The molecule has 3 fully saturated rings. The highest BCUT2D eigenvalue weighted by Gasteiger charge is 2.29. The number of aromatic nitrogens is 7. The first-order chi connectivity index (χ1) is 30.7. The van der Waals surface area contributed by atoms with Gasteiger partial charge in [0.05, 0.1) is 31.4 Å². The zero-order valence-corrected chi connectivity index (χ0v) is 38.8. The van der Waals surface area contributed by atoms with Gasteiger partial charge in [0.1, 0.15) is 0 Å². The van der Waals surface area contributed by atoms with Gasteiger partial charge in [-0.3, -0.25) is 24.3 Å². The highest BCUT2D eigenvalue weighted by molar-refractivity contribution is 7.22. The Hall–Kier alpha value is -5.33. The second kappa shape index (κ2) is 20.9. The molecule has 0 amide bonds. The van der Waals surface area contributed by atoms with Crippen molar-refractivity contribution in [2.24, 2.45) is 24.8 Å². The van der Waals surface area contributed by atoms with E-state index in [1.54, 1.807) is 56.1 Å². The number of imidazole rings is 1. The number of aryl methyl sites for hydroxylation is 1. The molecule has 11 rings (SSSR count). The number of ketones is 4. The van der Waals surface area contributed by atoms with Crippen molar-refractivity contribution in [3.8, 4) is 41.7 Å². The molecule has 0 aliphatic heterocycles. The van der Waals surface area contributed by atoms with Crippen molar-refractivity contribution >= 4 is 79.8 Å². The zero-order chi connectivity index (χ0) is 43.7. The van der Waals surface area contributed by atoms with Gasteiger partial charge in [-0.05, 0) is 102 Å². The number of hydrogen-bond acceptors (Lipinski definition) is 15. The van der Waals surface area contributed by atoms with E-state index in [1.807, 2.05) is 90.3 Å². The minimum atomic E-state index is 0.0327. The van der Waals surface area contributed by atoms with Crippen LogP contribution in [0.1, 0.15) is 113 Å². The number of thiophene rings is 4. The maximum Gasteiger partial charge on any atom is 0.263 e. The first-order valence-corrected chi connectivity index (χ1v) is 25.2. The molecule has 324 valence electrons. The lowest BCUT2D eigenvalue weighted by Crippen LogP contribution is -2.05. The Morgan fingerprint density at radius 3 is 1.83 bits per heavy atom. The van der Waals surface area contributed by atoms with Gasteiger partial charge in [-0.15, -0.1) is 61.8 Å². The van der Waals surface area contributed by atoms with E-state index in [0.717, 1.165) is 25.2 Å². The molecule has 63 heavy (non-hydrogen) atoms. The molecule has 3 aliphatic carbocycles. The van der Waals surface area contributed by atoms with Crippen LogP contribution >= 0.6 is 56.7 Å². The molecule has 0 atom stereocenters. The molecule has 0 bridgehead atoms. The van der Waals surface area contributed by atoms with Crippen LogP contribution in [0.3, 0.4) is 0 Å². The molecular weight excluding hydrogens is 891 g/mol. The van der Waals surface area contributed by atoms with Crippen LogP contribution in [0.15, 0.2) is 93.1 Å². The average Bonchev–Trinajstić information content (AvgIpc) is 3.94. The normalized spacial score (nSPS) is 14.1. The van der Waals surface area contributed by atoms with Gasteiger partial charge in [0.15, 0.2) is 34.0 Å². The Morgan fingerprint density at radius 2 is 1.24 bits per heavy atom. The van der Waals surface area contributed by atoms with Gasteiger partial charge in [-0.1, -0.05) is 31.2 Å². The molecule has 3 aliphatic rings. The Bertz CT molecular complexity index is 2490. The summed E-state index contributed by atoms with van der Waals surface area (Å²) in [6, 6.07) is 15.9. The summed E-state index contributed by atoms with van der Waals surface area (Å²) in [7, 11) is 1.85. The van der Waals surface area contributed by atoms with E-state index in [0.29, 0.717) is 71.7 Å². The molecule has 0 unspecified atom stereocenters. The van der Waals surface area contributed by atoms with Gasteiger partial charge in [0.2, 0.25) is 17.4 Å². The summed E-state index contributed by atoms with van der Waals surface area (Å²) in [6.07, 6.45) is 14.8. The third kappa shape index (κ3) is 12.4. The topological polar surface area (TPSA) is 167 Å². The first kappa shape index (κ1) is 44.3. The molecule has 0 spiro atoms. The summed E-state index contributed by atoms with van der Waals surface area (Å²) in [5, 5.41) is 15.5. The fraction of sp³-hybridized carbons (Fsp3) is 0.326. The van der Waals surface area contributed by atoms with Crippen molar-refractivity contribution in [3.05, 3.63) is 111 Å². The standard InChI is InChI=1S/C12H11NO2S.C12H11NOS2.C11H11N3OS.C11H12N2OS/c14-9(6-8-3-4-8)12-13-7-10(15-12)11-2-1-5-16-11;14-9(6-8-3-4-8)12-13-7-11(16-12)10-2-1-5-15-10;15-8(6-7-3-4-7)10-12-11(14-13-10)9-2-1-5-16-9;1-3-9(14)11-12-8(7-13(11)2)10-5-4-6-15-10/h2*1-2,5,7-8H,3-4,6H2;1-2,5,7H,3-4,6H2,(H,12,13,14);4-7H,3H2,1-2H3. The lowest BCUT2D eigenvalue weighted by Gasteiger charge is -1.95. The van der Waals surface area contributed by atoms with Gasteiger partial charge in [0.25, 0.3) is 5.89 Å². The minimum absolute atomic E-state index is 0.0327. The first-order valence-electron chi connectivity index (χ1n) is 20.9.